The lowest BCUT2D eigenvalue weighted by molar-refractivity contribution is 0.209. The molecular formula is C19H18N2O2S. The molecule has 1 aromatic heterocycles. The van der Waals surface area contributed by atoms with Gasteiger partial charge in [-0.1, -0.05) is 30.3 Å². The molecule has 1 amide bonds. The van der Waals surface area contributed by atoms with E-state index in [2.05, 4.69) is 34.9 Å². The first kappa shape index (κ1) is 16.1. The monoisotopic (exact) mass is 338 g/mol. The summed E-state index contributed by atoms with van der Waals surface area (Å²) in [6.07, 6.45) is -1.05. The van der Waals surface area contributed by atoms with Crippen LogP contribution in [0.5, 0.6) is 0 Å². The fourth-order valence-electron chi connectivity index (χ4n) is 2.45. The van der Waals surface area contributed by atoms with Crippen molar-refractivity contribution in [1.82, 2.24) is 0 Å². The van der Waals surface area contributed by atoms with Crippen LogP contribution in [0.25, 0.3) is 10.4 Å². The molecule has 24 heavy (non-hydrogen) atoms. The second-order valence-corrected chi connectivity index (χ2v) is 6.61. The van der Waals surface area contributed by atoms with Crippen molar-refractivity contribution in [3.8, 4) is 10.4 Å². The van der Waals surface area contributed by atoms with Crippen molar-refractivity contribution in [3.05, 3.63) is 71.1 Å². The fraction of sp³-hybridized carbons (Fsp3) is 0.105. The molecule has 0 spiro atoms. The van der Waals surface area contributed by atoms with Crippen LogP contribution in [0.3, 0.4) is 0 Å². The summed E-state index contributed by atoms with van der Waals surface area (Å²) in [6.45, 7) is 2.62. The lowest BCUT2D eigenvalue weighted by atomic mass is 10.1. The minimum atomic E-state index is -1.05. The zero-order valence-electron chi connectivity index (χ0n) is 13.2. The van der Waals surface area contributed by atoms with Crippen molar-refractivity contribution >= 4 is 28.8 Å². The molecule has 3 aromatic rings. The average Bonchev–Trinajstić information content (AvgIpc) is 3.05. The third-order valence-electron chi connectivity index (χ3n) is 3.65. The summed E-state index contributed by atoms with van der Waals surface area (Å²) < 4.78 is 0. The summed E-state index contributed by atoms with van der Waals surface area (Å²) in [5, 5.41) is 14.6. The van der Waals surface area contributed by atoms with E-state index in [9.17, 15) is 4.79 Å². The summed E-state index contributed by atoms with van der Waals surface area (Å²) in [6, 6.07) is 20.2. The molecule has 0 saturated carbocycles. The number of hydrogen-bond acceptors (Lipinski definition) is 3. The molecule has 122 valence electrons. The molecule has 0 aliphatic rings. The topological polar surface area (TPSA) is 61.4 Å². The Hall–Kier alpha value is -2.79. The Morgan fingerprint density at radius 3 is 2.58 bits per heavy atom. The number of nitrogens with one attached hydrogen (secondary N) is 2. The van der Waals surface area contributed by atoms with Gasteiger partial charge in [0.05, 0.1) is 0 Å². The molecular weight excluding hydrogens is 320 g/mol. The summed E-state index contributed by atoms with van der Waals surface area (Å²) in [7, 11) is 0. The predicted octanol–water partition coefficient (Wildman–Crippen LogP) is 5.43. The minimum absolute atomic E-state index is 0.607. The van der Waals surface area contributed by atoms with Crippen molar-refractivity contribution in [3.63, 3.8) is 0 Å². The van der Waals surface area contributed by atoms with Gasteiger partial charge in [0.15, 0.2) is 0 Å². The standard InChI is InChI=1S/C19H18N2O2S/c1-13-11-15(7-9-17(13)21-19(22)23)20-12-16-8-10-18(24-16)14-5-3-2-4-6-14/h2-11,20-21H,12H2,1H3,(H,22,23). The van der Waals surface area contributed by atoms with E-state index in [1.165, 1.54) is 15.3 Å². The number of carbonyl (C=O) groups is 1. The lowest BCUT2D eigenvalue weighted by Crippen LogP contribution is -2.08. The van der Waals surface area contributed by atoms with Crippen LogP contribution in [-0.2, 0) is 6.54 Å². The molecule has 0 radical (unpaired) electrons. The second-order valence-electron chi connectivity index (χ2n) is 5.45. The molecule has 5 heteroatoms. The molecule has 0 fully saturated rings. The smallest absolute Gasteiger partial charge is 0.409 e. The summed E-state index contributed by atoms with van der Waals surface area (Å²) in [5.74, 6) is 0. The van der Waals surface area contributed by atoms with Crippen LogP contribution in [0.4, 0.5) is 16.2 Å². The van der Waals surface area contributed by atoms with Gasteiger partial charge in [0.1, 0.15) is 0 Å². The van der Waals surface area contributed by atoms with Crippen molar-refractivity contribution in [2.45, 2.75) is 13.5 Å². The van der Waals surface area contributed by atoms with E-state index in [1.807, 2.05) is 37.3 Å². The number of rotatable bonds is 5. The number of aryl methyl sites for hydroxylation is 1. The zero-order chi connectivity index (χ0) is 16.9. The Kier molecular flexibility index (Phi) is 4.82. The van der Waals surface area contributed by atoms with E-state index < -0.39 is 6.09 Å². The van der Waals surface area contributed by atoms with E-state index in [-0.39, 0.29) is 0 Å². The molecule has 0 saturated heterocycles. The van der Waals surface area contributed by atoms with Gasteiger partial charge in [-0.15, -0.1) is 11.3 Å². The lowest BCUT2D eigenvalue weighted by Gasteiger charge is -2.09. The number of hydrogen-bond donors (Lipinski definition) is 3. The minimum Gasteiger partial charge on any atom is -0.465 e. The molecule has 0 aliphatic heterocycles. The van der Waals surface area contributed by atoms with E-state index in [0.717, 1.165) is 17.8 Å². The van der Waals surface area contributed by atoms with Crippen molar-refractivity contribution in [1.29, 1.82) is 0 Å². The first-order valence-corrected chi connectivity index (χ1v) is 8.42. The summed E-state index contributed by atoms with van der Waals surface area (Å²) in [5.41, 5.74) is 3.70. The Bertz CT molecular complexity index is 844. The predicted molar refractivity (Wildman–Crippen MR) is 99.9 cm³/mol. The van der Waals surface area contributed by atoms with E-state index in [0.29, 0.717) is 5.69 Å². The SMILES string of the molecule is Cc1cc(NCc2ccc(-c3ccccc3)s2)ccc1NC(=O)O. The fourth-order valence-corrected chi connectivity index (χ4v) is 3.40. The molecule has 1 heterocycles. The van der Waals surface area contributed by atoms with Crippen molar-refractivity contribution in [2.75, 3.05) is 10.6 Å². The van der Waals surface area contributed by atoms with Gasteiger partial charge in [-0.25, -0.2) is 4.79 Å². The molecule has 0 unspecified atom stereocenters. The highest BCUT2D eigenvalue weighted by Gasteiger charge is 2.05. The van der Waals surface area contributed by atoms with Gasteiger partial charge in [0, 0.05) is 27.7 Å². The largest absolute Gasteiger partial charge is 0.465 e. The maximum absolute atomic E-state index is 10.7. The Morgan fingerprint density at radius 2 is 1.88 bits per heavy atom. The molecule has 0 atom stereocenters. The number of carboxylic acid groups (broad SMARTS) is 1. The zero-order valence-corrected chi connectivity index (χ0v) is 14.1. The van der Waals surface area contributed by atoms with Crippen molar-refractivity contribution < 1.29 is 9.90 Å². The molecule has 3 N–H and O–H groups in total. The van der Waals surface area contributed by atoms with Gasteiger partial charge in [-0.2, -0.15) is 0 Å². The highest BCUT2D eigenvalue weighted by Crippen LogP contribution is 2.28. The van der Waals surface area contributed by atoms with E-state index in [4.69, 9.17) is 5.11 Å². The quantitative estimate of drug-likeness (QED) is 0.581. The first-order chi connectivity index (χ1) is 11.6. The van der Waals surface area contributed by atoms with E-state index in [1.54, 1.807) is 17.4 Å². The van der Waals surface area contributed by atoms with Gasteiger partial charge < -0.3 is 10.4 Å². The third-order valence-corrected chi connectivity index (χ3v) is 4.79. The normalized spacial score (nSPS) is 10.4. The maximum Gasteiger partial charge on any atom is 0.409 e. The summed E-state index contributed by atoms with van der Waals surface area (Å²) in [4.78, 5) is 13.2. The maximum atomic E-state index is 10.7. The van der Waals surface area contributed by atoms with Gasteiger partial charge >= 0.3 is 6.09 Å². The molecule has 4 nitrogen and oxygen atoms in total. The number of benzene rings is 2. The Balaban J connectivity index is 1.65. The van der Waals surface area contributed by atoms with Crippen LogP contribution in [-0.4, -0.2) is 11.2 Å². The first-order valence-electron chi connectivity index (χ1n) is 7.60. The van der Waals surface area contributed by atoms with E-state index >= 15 is 0 Å². The molecule has 0 aliphatic carbocycles. The molecule has 0 bridgehead atoms. The highest BCUT2D eigenvalue weighted by molar-refractivity contribution is 7.15. The highest BCUT2D eigenvalue weighted by atomic mass is 32.1. The number of amides is 1. The van der Waals surface area contributed by atoms with Crippen LogP contribution in [0.2, 0.25) is 0 Å². The second kappa shape index (κ2) is 7.19. The van der Waals surface area contributed by atoms with Gasteiger partial charge in [0.2, 0.25) is 0 Å². The Labute approximate surface area is 144 Å². The average molecular weight is 338 g/mol. The van der Waals surface area contributed by atoms with Crippen molar-refractivity contribution in [2.24, 2.45) is 0 Å². The summed E-state index contributed by atoms with van der Waals surface area (Å²) >= 11 is 1.77. The molecule has 3 rings (SSSR count). The van der Waals surface area contributed by atoms with Crippen LogP contribution in [0, 0.1) is 6.92 Å². The Morgan fingerprint density at radius 1 is 1.08 bits per heavy atom. The number of anilines is 2. The van der Waals surface area contributed by atoms with Gasteiger partial charge in [-0.05, 0) is 48.4 Å². The van der Waals surface area contributed by atoms with Gasteiger partial charge in [0.25, 0.3) is 0 Å². The van der Waals surface area contributed by atoms with Crippen LogP contribution < -0.4 is 10.6 Å². The van der Waals surface area contributed by atoms with Crippen LogP contribution in [0.1, 0.15) is 10.4 Å². The third kappa shape index (κ3) is 3.94. The van der Waals surface area contributed by atoms with Crippen LogP contribution >= 0.6 is 11.3 Å². The molecule has 2 aromatic carbocycles. The van der Waals surface area contributed by atoms with Crippen LogP contribution in [0.15, 0.2) is 60.7 Å². The van der Waals surface area contributed by atoms with Gasteiger partial charge in [-0.3, -0.25) is 5.32 Å². The number of thiophene rings is 1.